The van der Waals surface area contributed by atoms with Crippen LogP contribution >= 0.6 is 22.6 Å². The lowest BCUT2D eigenvalue weighted by Gasteiger charge is -2.50. The maximum absolute atomic E-state index is 13.5. The van der Waals surface area contributed by atoms with E-state index < -0.39 is 74.2 Å². The number of nitrogens with zero attached hydrogens (tertiary/aromatic N) is 1. The number of primary amides is 1. The number of carbonyl (C=O) groups is 4. The van der Waals surface area contributed by atoms with Crippen molar-refractivity contribution >= 4 is 62.6 Å². The number of likely N-dealkylation sites (N-methyl/N-ethyl adjacent to an activating group) is 1. The first-order valence-corrected chi connectivity index (χ1v) is 13.4. The predicted octanol–water partition coefficient (Wildman–Crippen LogP) is -0.359. The fourth-order valence-corrected chi connectivity index (χ4v) is 6.25. The average Bonchev–Trinajstić information content (AvgIpc) is 2.78. The fourth-order valence-electron chi connectivity index (χ4n) is 5.45. The van der Waals surface area contributed by atoms with E-state index in [-0.39, 0.29) is 29.7 Å². The van der Waals surface area contributed by atoms with Crippen LogP contribution < -0.4 is 11.1 Å². The summed E-state index contributed by atoms with van der Waals surface area (Å²) >= 11 is 1.97. The van der Waals surface area contributed by atoms with Crippen molar-refractivity contribution < 1.29 is 57.1 Å². The molecule has 4 rings (SSSR count). The third-order valence-electron chi connectivity index (χ3n) is 6.88. The number of aliphatic hydroxyl groups excluding tert-OH is 2. The van der Waals surface area contributed by atoms with Gasteiger partial charge in [-0.15, -0.1) is 0 Å². The molecule has 39 heavy (non-hydrogen) atoms. The van der Waals surface area contributed by atoms with Gasteiger partial charge >= 0.3 is 10.4 Å². The van der Waals surface area contributed by atoms with Gasteiger partial charge in [-0.3, -0.25) is 33.2 Å². The fraction of sp³-hybridized carbons (Fsp3) is 0.364. The molecular formula is C22H24IN3O12S. The van der Waals surface area contributed by atoms with Gasteiger partial charge in [0.1, 0.15) is 17.1 Å². The van der Waals surface area contributed by atoms with Crippen molar-refractivity contribution in [3.05, 3.63) is 43.4 Å². The van der Waals surface area contributed by atoms with E-state index in [4.69, 9.17) is 23.3 Å². The number of amides is 2. The zero-order valence-corrected chi connectivity index (χ0v) is 23.2. The minimum atomic E-state index is -4.67. The number of aliphatic hydroxyl groups is 3. The van der Waals surface area contributed by atoms with Crippen LogP contribution in [0.5, 0.6) is 5.75 Å². The van der Waals surface area contributed by atoms with E-state index >= 15 is 0 Å². The number of allylic oxidation sites excluding steroid dienone is 1. The van der Waals surface area contributed by atoms with Crippen molar-refractivity contribution in [3.63, 3.8) is 0 Å². The van der Waals surface area contributed by atoms with Crippen molar-refractivity contribution in [2.75, 3.05) is 19.4 Å². The third kappa shape index (κ3) is 5.12. The second-order valence-electron chi connectivity index (χ2n) is 9.28. The molecule has 17 heteroatoms. The molecule has 4 atom stereocenters. The van der Waals surface area contributed by atoms with Crippen LogP contribution in [0.3, 0.4) is 0 Å². The second-order valence-corrected chi connectivity index (χ2v) is 11.3. The average molecular weight is 681 g/mol. The number of halogens is 1. The van der Waals surface area contributed by atoms with Gasteiger partial charge in [0.15, 0.2) is 17.1 Å². The Labute approximate surface area is 234 Å². The molecule has 0 radical (unpaired) electrons. The van der Waals surface area contributed by atoms with Gasteiger partial charge in [-0.2, -0.15) is 8.42 Å². The summed E-state index contributed by atoms with van der Waals surface area (Å²) in [6.07, 6.45) is 0.531. The Morgan fingerprint density at radius 1 is 1.23 bits per heavy atom. The number of hydrogen-bond acceptors (Lipinski definition) is 11. The van der Waals surface area contributed by atoms with E-state index in [2.05, 4.69) is 5.32 Å². The molecule has 9 N–H and O–H groups in total. The summed E-state index contributed by atoms with van der Waals surface area (Å²) in [7, 11) is -1.54. The van der Waals surface area contributed by atoms with Crippen LogP contribution in [0.1, 0.15) is 22.3 Å². The monoisotopic (exact) mass is 681 g/mol. The van der Waals surface area contributed by atoms with Crippen molar-refractivity contribution in [1.82, 2.24) is 4.90 Å². The molecule has 3 aliphatic carbocycles. The van der Waals surface area contributed by atoms with Crippen molar-refractivity contribution in [3.8, 4) is 5.75 Å². The van der Waals surface area contributed by atoms with E-state index in [1.807, 2.05) is 22.6 Å². The molecule has 0 aromatic heterocycles. The standard InChI is InChI=1S/C22H22IN3O8.H2O4S/c1-26(2)15-9-4-7-3-8-10(23)5-11(25-6-27)16(28)13(8)17(29)12(7)19(31)22(9,34)20(32)14(18(15)30)21(24)33;1-5(2,3)4/h5-7,9,15,28,30-31,34H,3-4H2,1-2H3,(H2,24,33)(H,25,27);(H2,1,2,3,4)/t7?,9?,15-,22-;/m0./s1. The Bertz CT molecular complexity index is 1460. The summed E-state index contributed by atoms with van der Waals surface area (Å²) in [5.74, 6) is -7.17. The molecule has 2 amide bonds. The molecule has 0 heterocycles. The number of ketones is 2. The number of nitrogens with one attached hydrogen (secondary N) is 1. The van der Waals surface area contributed by atoms with Crippen molar-refractivity contribution in [2.45, 2.75) is 24.5 Å². The molecule has 1 aromatic carbocycles. The highest BCUT2D eigenvalue weighted by molar-refractivity contribution is 14.1. The van der Waals surface area contributed by atoms with Crippen LogP contribution in [0.2, 0.25) is 0 Å². The topological polar surface area (TPSA) is 265 Å². The number of fused-ring (bicyclic) bond motifs is 3. The summed E-state index contributed by atoms with van der Waals surface area (Å²) in [6, 6.07) is 0.460. The van der Waals surface area contributed by atoms with Crippen LogP contribution in [-0.2, 0) is 31.2 Å². The van der Waals surface area contributed by atoms with Crippen LogP contribution in [0.4, 0.5) is 5.69 Å². The molecule has 3 aliphatic rings. The third-order valence-corrected chi connectivity index (χ3v) is 7.85. The van der Waals surface area contributed by atoms with Gasteiger partial charge in [0, 0.05) is 15.1 Å². The normalized spacial score (nSPS) is 26.3. The maximum Gasteiger partial charge on any atom is 0.394 e. The van der Waals surface area contributed by atoms with Gasteiger partial charge < -0.3 is 31.5 Å². The molecule has 2 unspecified atom stereocenters. The van der Waals surface area contributed by atoms with Gasteiger partial charge in [0.2, 0.25) is 12.2 Å². The molecule has 0 saturated heterocycles. The smallest absolute Gasteiger partial charge is 0.394 e. The quantitative estimate of drug-likeness (QED) is 0.0665. The number of rotatable bonds is 4. The van der Waals surface area contributed by atoms with E-state index in [1.54, 1.807) is 14.1 Å². The number of phenolic OH excluding ortho intramolecular Hbond substituents is 1. The number of phenols is 1. The molecular weight excluding hydrogens is 657 g/mol. The van der Waals surface area contributed by atoms with E-state index in [0.717, 1.165) is 0 Å². The zero-order chi connectivity index (χ0) is 29.8. The largest absolute Gasteiger partial charge is 0.510 e. The first kappa shape index (κ1) is 30.4. The Morgan fingerprint density at radius 3 is 2.28 bits per heavy atom. The van der Waals surface area contributed by atoms with Gasteiger partial charge in [0.25, 0.3) is 5.91 Å². The number of benzene rings is 1. The lowest BCUT2D eigenvalue weighted by molar-refractivity contribution is -0.148. The maximum atomic E-state index is 13.5. The van der Waals surface area contributed by atoms with Crippen LogP contribution in [0, 0.1) is 15.4 Å². The lowest BCUT2D eigenvalue weighted by Crippen LogP contribution is -2.63. The number of Topliss-reactive ketones (excluding diaryl/α,β-unsaturated/α-hetero) is 2. The highest BCUT2D eigenvalue weighted by Gasteiger charge is 2.63. The van der Waals surface area contributed by atoms with Crippen LogP contribution in [0.15, 0.2) is 28.7 Å². The second kappa shape index (κ2) is 10.5. The Balaban J connectivity index is 0.000000771. The molecule has 212 valence electrons. The zero-order valence-electron chi connectivity index (χ0n) is 20.2. The molecule has 0 aliphatic heterocycles. The molecule has 0 fully saturated rings. The lowest BCUT2D eigenvalue weighted by atomic mass is 9.58. The molecule has 15 nitrogen and oxygen atoms in total. The highest BCUT2D eigenvalue weighted by Crippen LogP contribution is 2.53. The molecule has 0 bridgehead atoms. The minimum Gasteiger partial charge on any atom is -0.510 e. The summed E-state index contributed by atoms with van der Waals surface area (Å²) in [6.45, 7) is 0. The number of carbonyl (C=O) groups excluding carboxylic acids is 4. The van der Waals surface area contributed by atoms with Crippen molar-refractivity contribution in [1.29, 1.82) is 0 Å². The number of nitrogens with two attached hydrogens (primary N) is 1. The summed E-state index contributed by atoms with van der Waals surface area (Å²) in [5.41, 5.74) is 1.82. The summed E-state index contributed by atoms with van der Waals surface area (Å²) < 4.78 is 32.2. The number of anilines is 1. The Morgan fingerprint density at radius 2 is 1.79 bits per heavy atom. The van der Waals surface area contributed by atoms with Gasteiger partial charge in [-0.1, -0.05) is 0 Å². The molecule has 0 saturated carbocycles. The summed E-state index contributed by atoms with van der Waals surface area (Å²) in [4.78, 5) is 51.1. The van der Waals surface area contributed by atoms with Gasteiger partial charge in [-0.25, -0.2) is 0 Å². The molecule has 0 spiro atoms. The van der Waals surface area contributed by atoms with E-state index in [1.165, 1.54) is 11.0 Å². The van der Waals surface area contributed by atoms with E-state index in [9.17, 15) is 39.6 Å². The van der Waals surface area contributed by atoms with E-state index in [0.29, 0.717) is 15.5 Å². The SMILES string of the molecule is CN(C)[C@@H]1C(O)=C(C(N)=O)C(=O)[C@@]2(O)C(O)=C3C(=O)c4c(O)c(NC=O)cc(I)c4CC3CC12.O=S(=O)(O)O. The first-order valence-electron chi connectivity index (χ1n) is 11.0. The van der Waals surface area contributed by atoms with Crippen molar-refractivity contribution in [2.24, 2.45) is 17.6 Å². The minimum absolute atomic E-state index is 0.0109. The molecule has 1 aromatic rings. The Hall–Kier alpha value is -3.10. The summed E-state index contributed by atoms with van der Waals surface area (Å²) in [5, 5.41) is 46.4. The number of hydrogen-bond donors (Lipinski definition) is 8. The predicted molar refractivity (Wildman–Crippen MR) is 140 cm³/mol. The highest BCUT2D eigenvalue weighted by atomic mass is 127. The first-order chi connectivity index (χ1) is 17.9. The Kier molecular flexibility index (Phi) is 8.17. The van der Waals surface area contributed by atoms with Gasteiger partial charge in [-0.05, 0) is 67.1 Å². The van der Waals surface area contributed by atoms with Crippen LogP contribution in [-0.4, -0.2) is 92.5 Å². The van der Waals surface area contributed by atoms with Gasteiger partial charge in [0.05, 0.1) is 17.3 Å². The van der Waals surface area contributed by atoms with Crippen LogP contribution in [0.25, 0.3) is 0 Å². The number of aromatic hydroxyl groups is 1.